The largest absolute Gasteiger partial charge is 0.444 e. The van der Waals surface area contributed by atoms with Gasteiger partial charge in [0.2, 0.25) is 5.91 Å². The number of aryl methyl sites for hydroxylation is 1. The molecule has 146 valence electrons. The molecule has 1 aromatic heterocycles. The second-order valence-electron chi connectivity index (χ2n) is 7.66. The summed E-state index contributed by atoms with van der Waals surface area (Å²) >= 11 is 1.16. The Balaban J connectivity index is 1.89. The van der Waals surface area contributed by atoms with Crippen LogP contribution in [0.5, 0.6) is 0 Å². The van der Waals surface area contributed by atoms with Gasteiger partial charge in [0.1, 0.15) is 5.60 Å². The molecular weight excluding hydrogens is 354 g/mol. The maximum atomic E-state index is 12.7. The molecule has 2 rings (SSSR count). The molecule has 1 aliphatic rings. The number of rotatable bonds is 5. The van der Waals surface area contributed by atoms with Crippen LogP contribution in [0.3, 0.4) is 0 Å². The number of piperidine rings is 1. The molecule has 0 aliphatic carbocycles. The van der Waals surface area contributed by atoms with Crippen molar-refractivity contribution in [3.63, 3.8) is 0 Å². The molecule has 1 saturated heterocycles. The topological polar surface area (TPSA) is 80.6 Å². The van der Waals surface area contributed by atoms with Crippen LogP contribution in [-0.2, 0) is 16.1 Å². The molecule has 1 atom stereocenters. The fourth-order valence-electron chi connectivity index (χ4n) is 3.08. The molecule has 26 heavy (non-hydrogen) atoms. The van der Waals surface area contributed by atoms with Gasteiger partial charge in [-0.1, -0.05) is 11.3 Å². The number of hydrogen-bond acceptors (Lipinski definition) is 5. The lowest BCUT2D eigenvalue weighted by Gasteiger charge is -2.36. The van der Waals surface area contributed by atoms with E-state index in [4.69, 9.17) is 4.74 Å². The second kappa shape index (κ2) is 8.70. The van der Waals surface area contributed by atoms with Crippen LogP contribution in [0, 0.1) is 6.92 Å². The second-order valence-corrected chi connectivity index (χ2v) is 8.48. The van der Waals surface area contributed by atoms with Crippen LogP contribution in [0.2, 0.25) is 0 Å². The predicted octanol–water partition coefficient (Wildman–Crippen LogP) is 2.51. The minimum Gasteiger partial charge on any atom is -0.444 e. The summed E-state index contributed by atoms with van der Waals surface area (Å²) in [6, 6.07) is -0.0240. The number of ether oxygens (including phenoxy) is 1. The van der Waals surface area contributed by atoms with E-state index in [0.717, 1.165) is 36.3 Å². The highest BCUT2D eigenvalue weighted by Crippen LogP contribution is 2.18. The molecule has 1 fully saturated rings. The summed E-state index contributed by atoms with van der Waals surface area (Å²) in [5.41, 5.74) is 0.340. The first-order valence-corrected chi connectivity index (χ1v) is 9.96. The summed E-state index contributed by atoms with van der Waals surface area (Å²) in [5, 5.41) is 4.58. The first-order valence-electron chi connectivity index (χ1n) is 9.08. The molecule has 1 aromatic rings. The first-order chi connectivity index (χ1) is 12.2. The molecular formula is C18H29N3O4S. The van der Waals surface area contributed by atoms with Crippen molar-refractivity contribution in [2.24, 2.45) is 0 Å². The zero-order chi connectivity index (χ0) is 19.3. The number of likely N-dealkylation sites (tertiary alicyclic amines) is 1. The lowest BCUT2D eigenvalue weighted by Crippen LogP contribution is -2.50. The van der Waals surface area contributed by atoms with Gasteiger partial charge in [-0.15, -0.1) is 0 Å². The molecule has 2 heterocycles. The zero-order valence-electron chi connectivity index (χ0n) is 16.0. The lowest BCUT2D eigenvalue weighted by atomic mass is 10.0. The highest BCUT2D eigenvalue weighted by Gasteiger charge is 2.27. The van der Waals surface area contributed by atoms with Crippen LogP contribution >= 0.6 is 11.3 Å². The summed E-state index contributed by atoms with van der Waals surface area (Å²) in [5.74, 6) is 0.0261. The number of nitrogens with zero attached hydrogens (tertiary/aromatic N) is 2. The van der Waals surface area contributed by atoms with Crippen molar-refractivity contribution in [1.29, 1.82) is 0 Å². The quantitative estimate of drug-likeness (QED) is 0.847. The highest BCUT2D eigenvalue weighted by atomic mass is 32.1. The van der Waals surface area contributed by atoms with Gasteiger partial charge in [0.05, 0.1) is 0 Å². The van der Waals surface area contributed by atoms with Gasteiger partial charge in [-0.3, -0.25) is 9.59 Å². The molecule has 0 saturated carbocycles. The summed E-state index contributed by atoms with van der Waals surface area (Å²) in [7, 11) is 0. The third-order valence-corrected chi connectivity index (χ3v) is 5.24. The summed E-state index contributed by atoms with van der Waals surface area (Å²) in [6.07, 6.45) is 2.69. The number of hydrogen-bond donors (Lipinski definition) is 1. The Labute approximate surface area is 158 Å². The predicted molar refractivity (Wildman–Crippen MR) is 102 cm³/mol. The van der Waals surface area contributed by atoms with Crippen molar-refractivity contribution in [1.82, 2.24) is 14.8 Å². The van der Waals surface area contributed by atoms with Gasteiger partial charge in [-0.25, -0.2) is 4.79 Å². The average molecular weight is 384 g/mol. The zero-order valence-corrected chi connectivity index (χ0v) is 16.9. The number of carbonyl (C=O) groups is 2. The van der Waals surface area contributed by atoms with Crippen molar-refractivity contribution >= 4 is 23.3 Å². The average Bonchev–Trinajstić information content (AvgIpc) is 2.88. The summed E-state index contributed by atoms with van der Waals surface area (Å²) < 4.78 is 6.90. The van der Waals surface area contributed by atoms with Gasteiger partial charge >= 0.3 is 11.0 Å². The SMILES string of the molecule is Cc1csc(=O)n1CCC(=O)N1CCCCC1CNC(=O)OC(C)(C)C. The molecule has 0 radical (unpaired) electrons. The normalized spacial score (nSPS) is 17.8. The number of carbonyl (C=O) groups excluding carboxylic acids is 2. The van der Waals surface area contributed by atoms with Crippen LogP contribution < -0.4 is 10.2 Å². The van der Waals surface area contributed by atoms with Gasteiger partial charge in [0, 0.05) is 43.2 Å². The molecule has 1 N–H and O–H groups in total. The standard InChI is InChI=1S/C18H29N3O4S/c1-13-12-26-17(24)20(13)10-8-15(22)21-9-6-5-7-14(21)11-19-16(23)25-18(2,3)4/h12,14H,5-11H2,1-4H3,(H,19,23). The maximum absolute atomic E-state index is 12.7. The van der Waals surface area contributed by atoms with Gasteiger partial charge in [-0.2, -0.15) is 0 Å². The molecule has 1 aliphatic heterocycles. The van der Waals surface area contributed by atoms with E-state index in [1.807, 2.05) is 32.6 Å². The first kappa shape index (κ1) is 20.5. The number of thiazole rings is 1. The third kappa shape index (κ3) is 5.86. The molecule has 0 bridgehead atoms. The van der Waals surface area contributed by atoms with E-state index in [0.29, 0.717) is 26.1 Å². The van der Waals surface area contributed by atoms with Crippen molar-refractivity contribution in [3.05, 3.63) is 20.7 Å². The number of aromatic nitrogens is 1. The molecule has 8 heteroatoms. The monoisotopic (exact) mass is 383 g/mol. The Bertz CT molecular complexity index is 689. The minimum atomic E-state index is -0.544. The Kier molecular flexibility index (Phi) is 6.86. The smallest absolute Gasteiger partial charge is 0.407 e. The van der Waals surface area contributed by atoms with Crippen molar-refractivity contribution in [2.45, 2.75) is 71.6 Å². The van der Waals surface area contributed by atoms with Crippen molar-refractivity contribution in [2.75, 3.05) is 13.1 Å². The van der Waals surface area contributed by atoms with Crippen LogP contribution in [0.15, 0.2) is 10.2 Å². The number of nitrogens with one attached hydrogen (secondary N) is 1. The minimum absolute atomic E-state index is 0.0240. The Morgan fingerprint density at radius 2 is 2.08 bits per heavy atom. The van der Waals surface area contributed by atoms with Gasteiger partial charge in [0.15, 0.2) is 0 Å². The van der Waals surface area contributed by atoms with Crippen LogP contribution in [0.25, 0.3) is 0 Å². The molecule has 2 amide bonds. The summed E-state index contributed by atoms with van der Waals surface area (Å²) in [6.45, 7) is 8.80. The van der Waals surface area contributed by atoms with Gasteiger partial charge in [0.25, 0.3) is 0 Å². The number of alkyl carbamates (subject to hydrolysis) is 1. The molecule has 0 aromatic carbocycles. The van der Waals surface area contributed by atoms with Crippen LogP contribution in [0.4, 0.5) is 4.79 Å². The van der Waals surface area contributed by atoms with Crippen molar-refractivity contribution < 1.29 is 14.3 Å². The fraction of sp³-hybridized carbons (Fsp3) is 0.722. The third-order valence-electron chi connectivity index (χ3n) is 4.35. The van der Waals surface area contributed by atoms with E-state index in [9.17, 15) is 14.4 Å². The Morgan fingerprint density at radius 1 is 1.35 bits per heavy atom. The molecule has 7 nitrogen and oxygen atoms in total. The van der Waals surface area contributed by atoms with Crippen molar-refractivity contribution in [3.8, 4) is 0 Å². The fourth-order valence-corrected chi connectivity index (χ4v) is 3.84. The van der Waals surface area contributed by atoms with E-state index >= 15 is 0 Å². The van der Waals surface area contributed by atoms with E-state index in [1.165, 1.54) is 0 Å². The highest BCUT2D eigenvalue weighted by molar-refractivity contribution is 7.07. The van der Waals surface area contributed by atoms with E-state index in [-0.39, 0.29) is 16.8 Å². The Hall–Kier alpha value is -1.83. The van der Waals surface area contributed by atoms with Crippen LogP contribution in [0.1, 0.15) is 52.1 Å². The van der Waals surface area contributed by atoms with E-state index in [1.54, 1.807) is 9.95 Å². The van der Waals surface area contributed by atoms with E-state index < -0.39 is 11.7 Å². The molecule has 0 spiro atoms. The van der Waals surface area contributed by atoms with Crippen LogP contribution in [-0.4, -0.2) is 46.2 Å². The van der Waals surface area contributed by atoms with E-state index in [2.05, 4.69) is 5.32 Å². The lowest BCUT2D eigenvalue weighted by molar-refractivity contribution is -0.135. The van der Waals surface area contributed by atoms with Gasteiger partial charge < -0.3 is 19.5 Å². The maximum Gasteiger partial charge on any atom is 0.407 e. The Morgan fingerprint density at radius 3 is 2.69 bits per heavy atom. The summed E-state index contributed by atoms with van der Waals surface area (Å²) in [4.78, 5) is 38.1. The van der Waals surface area contributed by atoms with Gasteiger partial charge in [-0.05, 0) is 47.0 Å². The number of amides is 2. The molecule has 1 unspecified atom stereocenters.